The summed E-state index contributed by atoms with van der Waals surface area (Å²) < 4.78 is 11.2. The smallest absolute Gasteiger partial charge is 0.416 e. The van der Waals surface area contributed by atoms with E-state index in [9.17, 15) is 4.79 Å². The van der Waals surface area contributed by atoms with Crippen molar-refractivity contribution in [2.75, 3.05) is 13.7 Å². The Labute approximate surface area is 203 Å². The van der Waals surface area contributed by atoms with Crippen molar-refractivity contribution in [1.82, 2.24) is 9.88 Å². The zero-order chi connectivity index (χ0) is 23.2. The number of methoxy groups -OCH3 is 1. The highest BCUT2D eigenvalue weighted by atomic mass is 35.5. The number of hydrogen-bond donors (Lipinski definition) is 1. The lowest BCUT2D eigenvalue weighted by atomic mass is 9.92. The maximum absolute atomic E-state index is 13.4. The predicted octanol–water partition coefficient (Wildman–Crippen LogP) is 6.85. The third kappa shape index (κ3) is 3.80. The number of aromatic nitrogens is 1. The Bertz CT molecular complexity index is 1360. The molecule has 1 saturated carbocycles. The second kappa shape index (κ2) is 8.41. The number of amides is 1. The van der Waals surface area contributed by atoms with Crippen molar-refractivity contribution in [3.8, 4) is 11.5 Å². The van der Waals surface area contributed by atoms with Gasteiger partial charge in [0, 0.05) is 28.2 Å². The van der Waals surface area contributed by atoms with Gasteiger partial charge in [0.15, 0.2) is 0 Å². The van der Waals surface area contributed by atoms with Crippen molar-refractivity contribution >= 4 is 28.6 Å². The summed E-state index contributed by atoms with van der Waals surface area (Å²) in [4.78, 5) is 18.8. The number of H-pyrrole nitrogens is 1. The van der Waals surface area contributed by atoms with E-state index in [1.54, 1.807) is 12.0 Å². The summed E-state index contributed by atoms with van der Waals surface area (Å²) in [7, 11) is 1.65. The van der Waals surface area contributed by atoms with Crippen molar-refractivity contribution in [1.29, 1.82) is 0 Å². The second-order valence-corrected chi connectivity index (χ2v) is 9.47. The van der Waals surface area contributed by atoms with Gasteiger partial charge < -0.3 is 14.5 Å². The minimum absolute atomic E-state index is 0.306. The summed E-state index contributed by atoms with van der Waals surface area (Å²) >= 11 is 6.30. The normalized spacial score (nSPS) is 17.5. The van der Waals surface area contributed by atoms with Crippen molar-refractivity contribution < 1.29 is 14.3 Å². The molecule has 1 fully saturated rings. The van der Waals surface area contributed by atoms with Crippen LogP contribution in [0.1, 0.15) is 47.2 Å². The first-order valence-electron chi connectivity index (χ1n) is 11.6. The van der Waals surface area contributed by atoms with Crippen LogP contribution in [0.15, 0.2) is 66.7 Å². The molecular formula is C28H25ClN2O3. The molecule has 2 aliphatic rings. The van der Waals surface area contributed by atoms with E-state index in [0.29, 0.717) is 23.2 Å². The highest BCUT2D eigenvalue weighted by Crippen LogP contribution is 2.41. The van der Waals surface area contributed by atoms with E-state index < -0.39 is 0 Å². The Morgan fingerprint density at radius 1 is 0.971 bits per heavy atom. The molecule has 0 bridgehead atoms. The monoisotopic (exact) mass is 472 g/mol. The third-order valence-corrected chi connectivity index (χ3v) is 7.12. The first-order chi connectivity index (χ1) is 16.6. The number of carbonyl (C=O) groups excluding carboxylic acids is 1. The lowest BCUT2D eigenvalue weighted by Crippen LogP contribution is -2.42. The number of halogens is 1. The van der Waals surface area contributed by atoms with Gasteiger partial charge >= 0.3 is 6.09 Å². The molecule has 3 aromatic carbocycles. The molecule has 172 valence electrons. The molecule has 1 aliphatic heterocycles. The Balaban J connectivity index is 1.36. The highest BCUT2D eigenvalue weighted by Gasteiger charge is 2.36. The summed E-state index contributed by atoms with van der Waals surface area (Å²) in [6.07, 6.45) is 2.85. The van der Waals surface area contributed by atoms with Crippen molar-refractivity contribution in [2.45, 2.75) is 31.2 Å². The molecule has 6 heteroatoms. The molecule has 5 nitrogen and oxygen atoms in total. The Hall–Kier alpha value is -3.44. The third-order valence-electron chi connectivity index (χ3n) is 6.89. The van der Waals surface area contributed by atoms with Crippen molar-refractivity contribution in [3.05, 3.63) is 94.1 Å². The zero-order valence-corrected chi connectivity index (χ0v) is 19.6. The standard InChI is InChI=1S/C28H25ClN2O3/c1-33-21-9-6-19(7-10-21)27-26-23(24-16-20(29)8-13-25(24)30-26)14-15-31(27)28(32)34-22-11-4-18(5-12-22)17-2-3-17/h4-13,16-17,27,30H,2-3,14-15H2,1H3/t27-/m0/s1. The molecular weight excluding hydrogens is 448 g/mol. The molecule has 0 spiro atoms. The summed E-state index contributed by atoms with van der Waals surface area (Å²) in [5, 5.41) is 1.80. The number of fused-ring (bicyclic) bond motifs is 3. The molecule has 1 amide bonds. The number of benzene rings is 3. The van der Waals surface area contributed by atoms with Gasteiger partial charge in [-0.2, -0.15) is 0 Å². The van der Waals surface area contributed by atoms with Gasteiger partial charge in [0.25, 0.3) is 0 Å². The lowest BCUT2D eigenvalue weighted by molar-refractivity contribution is 0.135. The van der Waals surface area contributed by atoms with E-state index in [4.69, 9.17) is 21.1 Å². The summed E-state index contributed by atoms with van der Waals surface area (Å²) in [6, 6.07) is 21.3. The molecule has 2 heterocycles. The molecule has 4 aromatic rings. The molecule has 1 N–H and O–H groups in total. The van der Waals surface area contributed by atoms with Crippen molar-refractivity contribution in [3.63, 3.8) is 0 Å². The number of nitrogens with one attached hydrogen (secondary N) is 1. The van der Waals surface area contributed by atoms with Crippen LogP contribution in [-0.2, 0) is 6.42 Å². The van der Waals surface area contributed by atoms with Crippen molar-refractivity contribution in [2.24, 2.45) is 0 Å². The summed E-state index contributed by atoms with van der Waals surface area (Å²) in [5.74, 6) is 2.01. The SMILES string of the molecule is COc1ccc([C@H]2c3[nH]c4ccc(Cl)cc4c3CCN2C(=O)Oc2ccc(C3CC3)cc2)cc1. The van der Waals surface area contributed by atoms with Crippen LogP contribution < -0.4 is 9.47 Å². The van der Waals surface area contributed by atoms with E-state index >= 15 is 0 Å². The van der Waals surface area contributed by atoms with Crippen LogP contribution in [0.3, 0.4) is 0 Å². The molecule has 0 unspecified atom stereocenters. The first-order valence-corrected chi connectivity index (χ1v) is 12.0. The van der Waals surface area contributed by atoms with E-state index in [-0.39, 0.29) is 12.1 Å². The first kappa shape index (κ1) is 21.1. The molecule has 34 heavy (non-hydrogen) atoms. The highest BCUT2D eigenvalue weighted by molar-refractivity contribution is 6.31. The van der Waals surface area contributed by atoms with Gasteiger partial charge in [-0.15, -0.1) is 0 Å². The van der Waals surface area contributed by atoms with Crippen LogP contribution in [0.5, 0.6) is 11.5 Å². The minimum atomic E-state index is -0.359. The lowest BCUT2D eigenvalue weighted by Gasteiger charge is -2.35. The fourth-order valence-corrected chi connectivity index (χ4v) is 5.15. The van der Waals surface area contributed by atoms with Gasteiger partial charge in [-0.1, -0.05) is 35.9 Å². The topological polar surface area (TPSA) is 54.6 Å². The van der Waals surface area contributed by atoms with Gasteiger partial charge in [0.05, 0.1) is 7.11 Å². The number of ether oxygens (including phenoxy) is 2. The molecule has 6 rings (SSSR count). The van der Waals surface area contributed by atoms with E-state index in [1.807, 2.05) is 54.6 Å². The average Bonchev–Trinajstić information content (AvgIpc) is 3.65. The maximum Gasteiger partial charge on any atom is 0.416 e. The summed E-state index contributed by atoms with van der Waals surface area (Å²) in [5.41, 5.74) is 5.50. The van der Waals surface area contributed by atoms with Crippen LogP contribution in [0.2, 0.25) is 5.02 Å². The van der Waals surface area contributed by atoms with Crippen LogP contribution in [-0.4, -0.2) is 29.6 Å². The van der Waals surface area contributed by atoms with Crippen LogP contribution in [0, 0.1) is 0 Å². The van der Waals surface area contributed by atoms with Crippen LogP contribution >= 0.6 is 11.6 Å². The zero-order valence-electron chi connectivity index (χ0n) is 18.9. The van der Waals surface area contributed by atoms with Gasteiger partial charge in [0.1, 0.15) is 17.5 Å². The van der Waals surface area contributed by atoms with Gasteiger partial charge in [0.2, 0.25) is 0 Å². The second-order valence-electron chi connectivity index (χ2n) is 9.04. The van der Waals surface area contributed by atoms with E-state index in [1.165, 1.54) is 24.0 Å². The van der Waals surface area contributed by atoms with E-state index in [0.717, 1.165) is 34.3 Å². The van der Waals surface area contributed by atoms with Gasteiger partial charge in [-0.05, 0) is 84.3 Å². The number of carbonyl (C=O) groups is 1. The molecule has 1 aromatic heterocycles. The fourth-order valence-electron chi connectivity index (χ4n) is 4.97. The summed E-state index contributed by atoms with van der Waals surface area (Å²) in [6.45, 7) is 0.544. The Kier molecular flexibility index (Phi) is 5.22. The van der Waals surface area contributed by atoms with Gasteiger partial charge in [-0.3, -0.25) is 4.90 Å². The fraction of sp³-hybridized carbons (Fsp3) is 0.250. The predicted molar refractivity (Wildman–Crippen MR) is 133 cm³/mol. The number of nitrogens with zero attached hydrogens (tertiary/aromatic N) is 1. The van der Waals surface area contributed by atoms with Crippen LogP contribution in [0.4, 0.5) is 4.79 Å². The van der Waals surface area contributed by atoms with Gasteiger partial charge in [-0.25, -0.2) is 4.79 Å². The molecule has 0 saturated heterocycles. The van der Waals surface area contributed by atoms with Crippen LogP contribution in [0.25, 0.3) is 10.9 Å². The molecule has 1 atom stereocenters. The Morgan fingerprint density at radius 2 is 1.68 bits per heavy atom. The number of hydrogen-bond acceptors (Lipinski definition) is 3. The molecule has 1 aliphatic carbocycles. The maximum atomic E-state index is 13.4. The number of aromatic amines is 1. The quantitative estimate of drug-likeness (QED) is 0.353. The number of rotatable bonds is 4. The average molecular weight is 473 g/mol. The van der Waals surface area contributed by atoms with E-state index in [2.05, 4.69) is 17.1 Å². The minimum Gasteiger partial charge on any atom is -0.497 e. The molecule has 0 radical (unpaired) electrons. The largest absolute Gasteiger partial charge is 0.497 e. The Morgan fingerprint density at radius 3 is 2.38 bits per heavy atom.